The van der Waals surface area contributed by atoms with Gasteiger partial charge in [0, 0.05) is 11.4 Å². The fraction of sp³-hybridized carbons (Fsp3) is 0.267. The number of methoxy groups -OCH3 is 1. The molecule has 1 N–H and O–H groups in total. The molecule has 19 heavy (non-hydrogen) atoms. The standard InChI is InChI=1S/C15H17NO2S/c1-18-15(17)14(12-6-3-2-4-7-12)16-10-9-13-8-5-11-19-13/h2-8,11,14,16H,9-10H2,1H3/t14-/m0/s1. The first-order valence-corrected chi connectivity index (χ1v) is 7.08. The number of esters is 1. The molecule has 1 aromatic carbocycles. The predicted molar refractivity (Wildman–Crippen MR) is 77.2 cm³/mol. The van der Waals surface area contributed by atoms with Crippen molar-refractivity contribution in [3.8, 4) is 0 Å². The molecule has 0 fully saturated rings. The van der Waals surface area contributed by atoms with Crippen molar-refractivity contribution >= 4 is 17.3 Å². The highest BCUT2D eigenvalue weighted by atomic mass is 32.1. The van der Waals surface area contributed by atoms with Crippen molar-refractivity contribution in [1.82, 2.24) is 5.32 Å². The lowest BCUT2D eigenvalue weighted by Crippen LogP contribution is -2.31. The van der Waals surface area contributed by atoms with Crippen LogP contribution in [0.4, 0.5) is 0 Å². The Hall–Kier alpha value is -1.65. The fourth-order valence-electron chi connectivity index (χ4n) is 1.90. The Bertz CT molecular complexity index is 496. The minimum atomic E-state index is -0.397. The molecule has 0 aliphatic heterocycles. The highest BCUT2D eigenvalue weighted by molar-refractivity contribution is 7.09. The van der Waals surface area contributed by atoms with E-state index in [1.165, 1.54) is 12.0 Å². The Morgan fingerprint density at radius 3 is 2.68 bits per heavy atom. The van der Waals surface area contributed by atoms with Crippen molar-refractivity contribution in [2.75, 3.05) is 13.7 Å². The van der Waals surface area contributed by atoms with Gasteiger partial charge in [0.2, 0.25) is 0 Å². The molecule has 0 aliphatic rings. The van der Waals surface area contributed by atoms with Gasteiger partial charge in [0.05, 0.1) is 7.11 Å². The number of rotatable bonds is 6. The van der Waals surface area contributed by atoms with Gasteiger partial charge in [-0.2, -0.15) is 0 Å². The molecule has 0 bridgehead atoms. The van der Waals surface area contributed by atoms with Crippen LogP contribution in [0.15, 0.2) is 47.8 Å². The lowest BCUT2D eigenvalue weighted by Gasteiger charge is -2.16. The monoisotopic (exact) mass is 275 g/mol. The normalized spacial score (nSPS) is 12.1. The van der Waals surface area contributed by atoms with Gasteiger partial charge in [-0.3, -0.25) is 0 Å². The van der Waals surface area contributed by atoms with Gasteiger partial charge in [-0.25, -0.2) is 4.79 Å². The second-order valence-corrected chi connectivity index (χ2v) is 5.18. The number of thiophene rings is 1. The average molecular weight is 275 g/mol. The van der Waals surface area contributed by atoms with Gasteiger partial charge in [-0.15, -0.1) is 11.3 Å². The third kappa shape index (κ3) is 3.91. The molecule has 3 nitrogen and oxygen atoms in total. The van der Waals surface area contributed by atoms with E-state index >= 15 is 0 Å². The zero-order chi connectivity index (χ0) is 13.5. The Kier molecular flexibility index (Phi) is 5.12. The second-order valence-electron chi connectivity index (χ2n) is 4.15. The van der Waals surface area contributed by atoms with E-state index in [9.17, 15) is 4.79 Å². The van der Waals surface area contributed by atoms with Crippen LogP contribution in [0.5, 0.6) is 0 Å². The van der Waals surface area contributed by atoms with Crippen LogP contribution in [0.1, 0.15) is 16.5 Å². The van der Waals surface area contributed by atoms with Gasteiger partial charge in [0.1, 0.15) is 6.04 Å². The summed E-state index contributed by atoms with van der Waals surface area (Å²) in [6, 6.07) is 13.4. The van der Waals surface area contributed by atoms with Gasteiger partial charge in [0.25, 0.3) is 0 Å². The largest absolute Gasteiger partial charge is 0.468 e. The number of carbonyl (C=O) groups excluding carboxylic acids is 1. The first-order valence-electron chi connectivity index (χ1n) is 6.20. The van der Waals surface area contributed by atoms with E-state index in [1.54, 1.807) is 11.3 Å². The summed E-state index contributed by atoms with van der Waals surface area (Å²) in [6.07, 6.45) is 0.915. The molecule has 2 aromatic rings. The lowest BCUT2D eigenvalue weighted by atomic mass is 10.1. The van der Waals surface area contributed by atoms with E-state index in [0.29, 0.717) is 0 Å². The molecule has 0 spiro atoms. The van der Waals surface area contributed by atoms with Crippen LogP contribution in [-0.2, 0) is 16.0 Å². The van der Waals surface area contributed by atoms with Crippen molar-refractivity contribution in [2.45, 2.75) is 12.5 Å². The second kappa shape index (κ2) is 7.07. The minimum Gasteiger partial charge on any atom is -0.468 e. The van der Waals surface area contributed by atoms with Crippen LogP contribution in [0.2, 0.25) is 0 Å². The average Bonchev–Trinajstić information content (AvgIpc) is 2.97. The van der Waals surface area contributed by atoms with Crippen LogP contribution in [0.25, 0.3) is 0 Å². The zero-order valence-electron chi connectivity index (χ0n) is 10.8. The molecule has 1 heterocycles. The van der Waals surface area contributed by atoms with Crippen molar-refractivity contribution < 1.29 is 9.53 Å². The maximum absolute atomic E-state index is 11.8. The summed E-state index contributed by atoms with van der Waals surface area (Å²) in [6.45, 7) is 0.745. The first-order chi connectivity index (χ1) is 9.31. The van der Waals surface area contributed by atoms with Gasteiger partial charge in [-0.1, -0.05) is 36.4 Å². The Labute approximate surface area is 117 Å². The third-order valence-electron chi connectivity index (χ3n) is 2.87. The number of carbonyl (C=O) groups is 1. The first kappa shape index (κ1) is 13.8. The van der Waals surface area contributed by atoms with Crippen molar-refractivity contribution in [2.24, 2.45) is 0 Å². The Morgan fingerprint density at radius 1 is 1.26 bits per heavy atom. The highest BCUT2D eigenvalue weighted by Gasteiger charge is 2.20. The molecular formula is C15H17NO2S. The van der Waals surface area contributed by atoms with E-state index in [2.05, 4.69) is 16.8 Å². The summed E-state index contributed by atoms with van der Waals surface area (Å²) in [5.74, 6) is -0.252. The van der Waals surface area contributed by atoms with Crippen molar-refractivity contribution in [3.63, 3.8) is 0 Å². The topological polar surface area (TPSA) is 38.3 Å². The number of hydrogen-bond donors (Lipinski definition) is 1. The van der Waals surface area contributed by atoms with E-state index in [-0.39, 0.29) is 5.97 Å². The van der Waals surface area contributed by atoms with Gasteiger partial charge < -0.3 is 10.1 Å². The number of benzene rings is 1. The van der Waals surface area contributed by atoms with E-state index < -0.39 is 6.04 Å². The van der Waals surface area contributed by atoms with Crippen LogP contribution >= 0.6 is 11.3 Å². The molecule has 0 unspecified atom stereocenters. The van der Waals surface area contributed by atoms with Crippen LogP contribution < -0.4 is 5.32 Å². The van der Waals surface area contributed by atoms with E-state index in [1.807, 2.05) is 36.4 Å². The maximum Gasteiger partial charge on any atom is 0.327 e. The molecule has 1 aromatic heterocycles. The Balaban J connectivity index is 1.97. The molecule has 0 aliphatic carbocycles. The van der Waals surface area contributed by atoms with Crippen LogP contribution in [0, 0.1) is 0 Å². The lowest BCUT2D eigenvalue weighted by molar-refractivity contribution is -0.143. The molecule has 100 valence electrons. The van der Waals surface area contributed by atoms with E-state index in [4.69, 9.17) is 4.74 Å². The van der Waals surface area contributed by atoms with E-state index in [0.717, 1.165) is 18.5 Å². The summed E-state index contributed by atoms with van der Waals surface area (Å²) in [4.78, 5) is 13.1. The maximum atomic E-state index is 11.8. The van der Waals surface area contributed by atoms with Crippen molar-refractivity contribution in [3.05, 3.63) is 58.3 Å². The molecule has 0 saturated heterocycles. The smallest absolute Gasteiger partial charge is 0.327 e. The summed E-state index contributed by atoms with van der Waals surface area (Å²) >= 11 is 1.73. The molecule has 0 amide bonds. The SMILES string of the molecule is COC(=O)[C@@H](NCCc1cccs1)c1ccccc1. The fourth-order valence-corrected chi connectivity index (χ4v) is 2.60. The number of ether oxygens (including phenoxy) is 1. The highest BCUT2D eigenvalue weighted by Crippen LogP contribution is 2.15. The quantitative estimate of drug-likeness (QED) is 0.824. The predicted octanol–water partition coefficient (Wildman–Crippen LogP) is 2.79. The molecule has 2 rings (SSSR count). The number of hydrogen-bond acceptors (Lipinski definition) is 4. The summed E-state index contributed by atoms with van der Waals surface area (Å²) in [5, 5.41) is 5.32. The molecule has 4 heteroatoms. The third-order valence-corrected chi connectivity index (χ3v) is 3.81. The molecule has 0 saturated carbocycles. The molecule has 1 atom stereocenters. The summed E-state index contributed by atoms with van der Waals surface area (Å²) in [5.41, 5.74) is 0.931. The summed E-state index contributed by atoms with van der Waals surface area (Å²) in [7, 11) is 1.42. The summed E-state index contributed by atoms with van der Waals surface area (Å²) < 4.78 is 4.86. The zero-order valence-corrected chi connectivity index (χ0v) is 11.7. The van der Waals surface area contributed by atoms with Gasteiger partial charge in [-0.05, 0) is 23.4 Å². The molecule has 0 radical (unpaired) electrons. The van der Waals surface area contributed by atoms with Gasteiger partial charge in [0.15, 0.2) is 0 Å². The van der Waals surface area contributed by atoms with Crippen LogP contribution in [-0.4, -0.2) is 19.6 Å². The number of nitrogens with one attached hydrogen (secondary N) is 1. The van der Waals surface area contributed by atoms with Crippen LogP contribution in [0.3, 0.4) is 0 Å². The minimum absolute atomic E-state index is 0.252. The van der Waals surface area contributed by atoms with Crippen molar-refractivity contribution in [1.29, 1.82) is 0 Å². The Morgan fingerprint density at radius 2 is 2.05 bits per heavy atom. The van der Waals surface area contributed by atoms with Gasteiger partial charge >= 0.3 is 5.97 Å². The molecular weight excluding hydrogens is 258 g/mol.